The molecule has 3 aromatic rings. The standard InChI is InChI=1S/C24H22BrCl2NO4S/c1-5-31-24(30)20-19(15-6-8-16(26)9-7-15)14(4)33-23(20)28-18(29)11-32-17-10-12(2)22(27)13(3)21(17)25/h6-10H,5,11H2,1-4H3,(H,28,29). The van der Waals surface area contributed by atoms with E-state index in [-0.39, 0.29) is 13.2 Å². The highest BCUT2D eigenvalue weighted by molar-refractivity contribution is 9.10. The molecule has 3 rings (SSSR count). The summed E-state index contributed by atoms with van der Waals surface area (Å²) >= 11 is 17.0. The van der Waals surface area contributed by atoms with E-state index in [4.69, 9.17) is 32.7 Å². The Hall–Kier alpha value is -2.06. The zero-order chi connectivity index (χ0) is 24.3. The number of esters is 1. The van der Waals surface area contributed by atoms with Crippen LogP contribution in [0.5, 0.6) is 5.75 Å². The number of halogens is 3. The summed E-state index contributed by atoms with van der Waals surface area (Å²) in [6.07, 6.45) is 0. The number of benzene rings is 2. The predicted octanol–water partition coefficient (Wildman–Crippen LogP) is 7.60. The fourth-order valence-electron chi connectivity index (χ4n) is 3.31. The van der Waals surface area contributed by atoms with Crippen LogP contribution in [0.15, 0.2) is 34.8 Å². The number of anilines is 1. The van der Waals surface area contributed by atoms with Gasteiger partial charge in [0.1, 0.15) is 16.3 Å². The highest BCUT2D eigenvalue weighted by Gasteiger charge is 2.25. The molecule has 0 aliphatic heterocycles. The SMILES string of the molecule is CCOC(=O)c1c(NC(=O)COc2cc(C)c(Cl)c(C)c2Br)sc(C)c1-c1ccc(Cl)cc1. The summed E-state index contributed by atoms with van der Waals surface area (Å²) in [6.45, 7) is 7.33. The van der Waals surface area contributed by atoms with Crippen LogP contribution in [0.2, 0.25) is 10.0 Å². The van der Waals surface area contributed by atoms with Gasteiger partial charge < -0.3 is 14.8 Å². The normalized spacial score (nSPS) is 10.8. The summed E-state index contributed by atoms with van der Waals surface area (Å²) in [6, 6.07) is 8.94. The van der Waals surface area contributed by atoms with Gasteiger partial charge in [-0.1, -0.05) is 35.3 Å². The number of amides is 1. The second-order valence-electron chi connectivity index (χ2n) is 7.25. The van der Waals surface area contributed by atoms with Crippen LogP contribution in [0.4, 0.5) is 5.00 Å². The zero-order valence-electron chi connectivity index (χ0n) is 18.5. The van der Waals surface area contributed by atoms with Gasteiger partial charge in [0.2, 0.25) is 0 Å². The Bertz CT molecular complexity index is 1210. The maximum atomic E-state index is 12.8. The Morgan fingerprint density at radius 2 is 1.79 bits per heavy atom. The van der Waals surface area contributed by atoms with Gasteiger partial charge in [0, 0.05) is 20.5 Å². The number of rotatable bonds is 7. The van der Waals surface area contributed by atoms with E-state index in [1.807, 2.05) is 32.9 Å². The molecule has 0 atom stereocenters. The first-order chi connectivity index (χ1) is 15.6. The topological polar surface area (TPSA) is 64.6 Å². The van der Waals surface area contributed by atoms with Gasteiger partial charge in [-0.05, 0) is 78.5 Å². The van der Waals surface area contributed by atoms with Gasteiger partial charge in [-0.3, -0.25) is 4.79 Å². The Balaban J connectivity index is 1.87. The quantitative estimate of drug-likeness (QED) is 0.297. The molecule has 0 aliphatic rings. The largest absolute Gasteiger partial charge is 0.483 e. The van der Waals surface area contributed by atoms with Crippen molar-refractivity contribution in [3.63, 3.8) is 0 Å². The van der Waals surface area contributed by atoms with Crippen molar-refractivity contribution in [2.24, 2.45) is 0 Å². The lowest BCUT2D eigenvalue weighted by atomic mass is 10.0. The first-order valence-electron chi connectivity index (χ1n) is 10.1. The van der Waals surface area contributed by atoms with Gasteiger partial charge in [0.25, 0.3) is 5.91 Å². The molecule has 2 aromatic carbocycles. The lowest BCUT2D eigenvalue weighted by molar-refractivity contribution is -0.118. The summed E-state index contributed by atoms with van der Waals surface area (Å²) in [4.78, 5) is 26.4. The van der Waals surface area contributed by atoms with Crippen molar-refractivity contribution in [3.05, 3.63) is 66.4 Å². The fourth-order valence-corrected chi connectivity index (χ4v) is 5.20. The van der Waals surface area contributed by atoms with Crippen LogP contribution < -0.4 is 10.1 Å². The first kappa shape index (κ1) is 25.6. The molecule has 1 amide bonds. The van der Waals surface area contributed by atoms with E-state index in [1.165, 1.54) is 11.3 Å². The molecule has 0 radical (unpaired) electrons. The lowest BCUT2D eigenvalue weighted by Gasteiger charge is -2.13. The van der Waals surface area contributed by atoms with Crippen LogP contribution in [-0.4, -0.2) is 25.1 Å². The Kier molecular flexibility index (Phi) is 8.45. The smallest absolute Gasteiger partial charge is 0.341 e. The van der Waals surface area contributed by atoms with Crippen molar-refractivity contribution in [1.29, 1.82) is 0 Å². The number of aryl methyl sites for hydroxylation is 2. The molecule has 0 saturated carbocycles. The molecule has 1 heterocycles. The third kappa shape index (κ3) is 5.72. The molecule has 33 heavy (non-hydrogen) atoms. The predicted molar refractivity (Wildman–Crippen MR) is 138 cm³/mol. The minimum atomic E-state index is -0.505. The fraction of sp³-hybridized carbons (Fsp3) is 0.250. The summed E-state index contributed by atoms with van der Waals surface area (Å²) in [5, 5.41) is 4.45. The second-order valence-corrected chi connectivity index (χ2v) is 10.1. The summed E-state index contributed by atoms with van der Waals surface area (Å²) in [5.41, 5.74) is 3.51. The average molecular weight is 571 g/mol. The highest BCUT2D eigenvalue weighted by Crippen LogP contribution is 2.41. The van der Waals surface area contributed by atoms with E-state index < -0.39 is 11.9 Å². The van der Waals surface area contributed by atoms with Crippen LogP contribution >= 0.6 is 50.5 Å². The van der Waals surface area contributed by atoms with Crippen molar-refractivity contribution >= 4 is 67.3 Å². The maximum Gasteiger partial charge on any atom is 0.341 e. The molecule has 9 heteroatoms. The number of thiophene rings is 1. The molecular weight excluding hydrogens is 549 g/mol. The number of hydrogen-bond donors (Lipinski definition) is 1. The molecule has 1 N–H and O–H groups in total. The molecule has 5 nitrogen and oxygen atoms in total. The van der Waals surface area contributed by atoms with Crippen molar-refractivity contribution in [2.75, 3.05) is 18.5 Å². The third-order valence-electron chi connectivity index (χ3n) is 4.88. The van der Waals surface area contributed by atoms with Gasteiger partial charge in [0.05, 0.1) is 11.1 Å². The van der Waals surface area contributed by atoms with Gasteiger partial charge in [-0.2, -0.15) is 0 Å². The van der Waals surface area contributed by atoms with Crippen molar-refractivity contribution in [2.45, 2.75) is 27.7 Å². The molecule has 0 saturated heterocycles. The van der Waals surface area contributed by atoms with Crippen LogP contribution in [-0.2, 0) is 9.53 Å². The molecule has 174 valence electrons. The van der Waals surface area contributed by atoms with E-state index in [0.29, 0.717) is 36.4 Å². The lowest BCUT2D eigenvalue weighted by Crippen LogP contribution is -2.21. The second kappa shape index (κ2) is 10.9. The monoisotopic (exact) mass is 569 g/mol. The van der Waals surface area contributed by atoms with Crippen LogP contribution in [0.25, 0.3) is 11.1 Å². The Morgan fingerprint density at radius 1 is 1.12 bits per heavy atom. The van der Waals surface area contributed by atoms with Crippen LogP contribution in [0.1, 0.15) is 33.3 Å². The average Bonchev–Trinajstić information content (AvgIpc) is 3.10. The number of ether oxygens (including phenoxy) is 2. The van der Waals surface area contributed by atoms with Crippen molar-refractivity contribution in [3.8, 4) is 16.9 Å². The van der Waals surface area contributed by atoms with Gasteiger partial charge in [-0.15, -0.1) is 11.3 Å². The molecular formula is C24H22BrCl2NO4S. The minimum Gasteiger partial charge on any atom is -0.483 e. The summed E-state index contributed by atoms with van der Waals surface area (Å²) in [5.74, 6) is -0.393. The molecule has 0 aliphatic carbocycles. The van der Waals surface area contributed by atoms with Crippen molar-refractivity contribution < 1.29 is 19.1 Å². The summed E-state index contributed by atoms with van der Waals surface area (Å²) < 4.78 is 11.7. The molecule has 0 fully saturated rings. The van der Waals surface area contributed by atoms with Crippen molar-refractivity contribution in [1.82, 2.24) is 0 Å². The zero-order valence-corrected chi connectivity index (χ0v) is 22.4. The van der Waals surface area contributed by atoms with Crippen LogP contribution in [0, 0.1) is 20.8 Å². The van der Waals surface area contributed by atoms with E-state index in [0.717, 1.165) is 21.6 Å². The molecule has 0 bridgehead atoms. The van der Waals surface area contributed by atoms with E-state index >= 15 is 0 Å². The number of carbonyl (C=O) groups excluding carboxylic acids is 2. The molecule has 1 aromatic heterocycles. The molecule has 0 unspecified atom stereocenters. The van der Waals surface area contributed by atoms with Gasteiger partial charge in [0.15, 0.2) is 6.61 Å². The number of nitrogens with one attached hydrogen (secondary N) is 1. The van der Waals surface area contributed by atoms with E-state index in [2.05, 4.69) is 21.2 Å². The first-order valence-corrected chi connectivity index (χ1v) is 12.4. The Morgan fingerprint density at radius 3 is 2.42 bits per heavy atom. The van der Waals surface area contributed by atoms with Crippen LogP contribution in [0.3, 0.4) is 0 Å². The van der Waals surface area contributed by atoms with Gasteiger partial charge in [-0.25, -0.2) is 4.79 Å². The van der Waals surface area contributed by atoms with E-state index in [1.54, 1.807) is 25.1 Å². The number of hydrogen-bond acceptors (Lipinski definition) is 5. The summed E-state index contributed by atoms with van der Waals surface area (Å²) in [7, 11) is 0. The molecule has 0 spiro atoms. The maximum absolute atomic E-state index is 12.8. The minimum absolute atomic E-state index is 0.216. The number of carbonyl (C=O) groups is 2. The van der Waals surface area contributed by atoms with Gasteiger partial charge >= 0.3 is 5.97 Å². The third-order valence-corrected chi connectivity index (χ3v) is 7.72. The highest BCUT2D eigenvalue weighted by atomic mass is 79.9. The Labute approximate surface area is 215 Å². The van der Waals surface area contributed by atoms with E-state index in [9.17, 15) is 9.59 Å².